The first-order valence-corrected chi connectivity index (χ1v) is 10.9. The minimum absolute atomic E-state index is 0.456. The zero-order chi connectivity index (χ0) is 20.9. The molecule has 1 fully saturated rings. The van der Waals surface area contributed by atoms with Crippen LogP contribution < -0.4 is 14.8 Å². The highest BCUT2D eigenvalue weighted by molar-refractivity contribution is 6.31. The van der Waals surface area contributed by atoms with Crippen molar-refractivity contribution in [2.24, 2.45) is 0 Å². The van der Waals surface area contributed by atoms with Crippen LogP contribution in [0.3, 0.4) is 0 Å². The van der Waals surface area contributed by atoms with Gasteiger partial charge < -0.3 is 14.8 Å². The molecule has 2 heterocycles. The minimum atomic E-state index is 0.456. The van der Waals surface area contributed by atoms with Crippen LogP contribution in [0.25, 0.3) is 10.9 Å². The number of fused-ring (bicyclic) bond motifs is 1. The van der Waals surface area contributed by atoms with Crippen molar-refractivity contribution in [3.63, 3.8) is 0 Å². The number of aromatic nitrogens is 1. The highest BCUT2D eigenvalue weighted by atomic mass is 35.5. The summed E-state index contributed by atoms with van der Waals surface area (Å²) < 4.78 is 11.1. The van der Waals surface area contributed by atoms with Gasteiger partial charge in [0.2, 0.25) is 0 Å². The fraction of sp³-hybridized carbons (Fsp3) is 0.375. The maximum Gasteiger partial charge on any atom is 0.161 e. The van der Waals surface area contributed by atoms with Gasteiger partial charge >= 0.3 is 0 Å². The van der Waals surface area contributed by atoms with Crippen LogP contribution in [0.5, 0.6) is 11.5 Å². The Morgan fingerprint density at radius 3 is 2.70 bits per heavy atom. The molecular formula is C24H28ClN3O2. The van der Waals surface area contributed by atoms with Crippen molar-refractivity contribution in [3.05, 3.63) is 59.2 Å². The van der Waals surface area contributed by atoms with Gasteiger partial charge in [0.1, 0.15) is 0 Å². The van der Waals surface area contributed by atoms with Gasteiger partial charge in [-0.2, -0.15) is 0 Å². The summed E-state index contributed by atoms with van der Waals surface area (Å²) >= 11 is 6.11. The van der Waals surface area contributed by atoms with Crippen LogP contribution >= 0.6 is 11.6 Å². The fourth-order valence-electron chi connectivity index (χ4n) is 4.05. The minimum Gasteiger partial charge on any atom is -0.493 e. The lowest BCUT2D eigenvalue weighted by Gasteiger charge is -2.33. The van der Waals surface area contributed by atoms with Crippen molar-refractivity contribution in [1.29, 1.82) is 0 Å². The van der Waals surface area contributed by atoms with E-state index >= 15 is 0 Å². The van der Waals surface area contributed by atoms with Crippen LogP contribution in [-0.4, -0.2) is 42.7 Å². The summed E-state index contributed by atoms with van der Waals surface area (Å²) in [5.74, 6) is 1.60. The van der Waals surface area contributed by atoms with Crippen molar-refractivity contribution in [2.75, 3.05) is 32.1 Å². The van der Waals surface area contributed by atoms with Gasteiger partial charge in [-0.25, -0.2) is 0 Å². The molecule has 6 heteroatoms. The zero-order valence-electron chi connectivity index (χ0n) is 17.5. The molecule has 0 aliphatic carbocycles. The number of halogens is 1. The number of hydrogen-bond donors (Lipinski definition) is 1. The number of anilines is 1. The maximum absolute atomic E-state index is 6.11. The van der Waals surface area contributed by atoms with E-state index < -0.39 is 0 Å². The standard InChI is InChI=1S/C24H28ClN3O2/c1-3-30-24-14-17(4-7-23(24)29-2)16-28-12-9-19(10-13-28)27-21-8-11-26-22-15-18(25)5-6-20(21)22/h4-8,11,14-15,19H,3,9-10,12-13,16H2,1-2H3,(H,26,27). The third-order valence-electron chi connectivity index (χ3n) is 5.59. The van der Waals surface area contributed by atoms with Crippen LogP contribution in [0.4, 0.5) is 5.69 Å². The Hall–Kier alpha value is -2.50. The monoisotopic (exact) mass is 425 g/mol. The van der Waals surface area contributed by atoms with E-state index in [-0.39, 0.29) is 0 Å². The number of piperidine rings is 1. The number of ether oxygens (including phenoxy) is 2. The van der Waals surface area contributed by atoms with E-state index in [0.717, 1.165) is 60.6 Å². The molecule has 2 aromatic carbocycles. The Kier molecular flexibility index (Phi) is 6.60. The predicted molar refractivity (Wildman–Crippen MR) is 123 cm³/mol. The predicted octanol–water partition coefficient (Wildman–Crippen LogP) is 5.37. The van der Waals surface area contributed by atoms with Crippen LogP contribution in [0.15, 0.2) is 48.7 Å². The Labute approximate surface area is 183 Å². The normalized spacial score (nSPS) is 15.3. The van der Waals surface area contributed by atoms with Crippen molar-refractivity contribution in [1.82, 2.24) is 9.88 Å². The van der Waals surface area contributed by atoms with Crippen LogP contribution in [0.1, 0.15) is 25.3 Å². The lowest BCUT2D eigenvalue weighted by Crippen LogP contribution is -2.38. The molecule has 1 aliphatic rings. The first-order chi connectivity index (χ1) is 14.7. The van der Waals surface area contributed by atoms with Crippen LogP contribution in [0.2, 0.25) is 5.02 Å². The first kappa shape index (κ1) is 20.8. The fourth-order valence-corrected chi connectivity index (χ4v) is 4.21. The van der Waals surface area contributed by atoms with E-state index in [9.17, 15) is 0 Å². The summed E-state index contributed by atoms with van der Waals surface area (Å²) in [5.41, 5.74) is 3.31. The Morgan fingerprint density at radius 1 is 1.10 bits per heavy atom. The van der Waals surface area contributed by atoms with E-state index in [0.29, 0.717) is 17.7 Å². The van der Waals surface area contributed by atoms with E-state index in [2.05, 4.69) is 33.4 Å². The molecule has 1 aromatic heterocycles. The number of pyridine rings is 1. The molecule has 0 unspecified atom stereocenters. The molecule has 1 saturated heterocycles. The van der Waals surface area contributed by atoms with Gasteiger partial charge in [0.05, 0.1) is 19.2 Å². The number of nitrogens with one attached hydrogen (secondary N) is 1. The number of nitrogens with zero attached hydrogens (tertiary/aromatic N) is 2. The van der Waals surface area contributed by atoms with Gasteiger partial charge in [0, 0.05) is 48.0 Å². The van der Waals surface area contributed by atoms with E-state index in [1.54, 1.807) is 7.11 Å². The lowest BCUT2D eigenvalue weighted by atomic mass is 10.0. The summed E-state index contributed by atoms with van der Waals surface area (Å²) in [4.78, 5) is 6.94. The summed E-state index contributed by atoms with van der Waals surface area (Å²) in [6, 6.07) is 14.6. The molecule has 0 amide bonds. The Balaban J connectivity index is 1.36. The molecular weight excluding hydrogens is 398 g/mol. The second kappa shape index (κ2) is 9.54. The highest BCUT2D eigenvalue weighted by Gasteiger charge is 2.20. The quantitative estimate of drug-likeness (QED) is 0.551. The van der Waals surface area contributed by atoms with Crippen LogP contribution in [0, 0.1) is 0 Å². The second-order valence-electron chi connectivity index (χ2n) is 7.63. The van der Waals surface area contributed by atoms with Crippen LogP contribution in [-0.2, 0) is 6.54 Å². The van der Waals surface area contributed by atoms with Crippen molar-refractivity contribution in [3.8, 4) is 11.5 Å². The molecule has 1 N–H and O–H groups in total. The molecule has 0 radical (unpaired) electrons. The molecule has 4 rings (SSSR count). The van der Waals surface area contributed by atoms with Gasteiger partial charge in [0.15, 0.2) is 11.5 Å². The smallest absolute Gasteiger partial charge is 0.161 e. The van der Waals surface area contributed by atoms with Gasteiger partial charge in [-0.1, -0.05) is 17.7 Å². The molecule has 3 aromatic rings. The molecule has 0 spiro atoms. The number of methoxy groups -OCH3 is 1. The van der Waals surface area contributed by atoms with Gasteiger partial charge in [-0.3, -0.25) is 9.88 Å². The Bertz CT molecular complexity index is 1000. The van der Waals surface area contributed by atoms with Gasteiger partial charge in [-0.15, -0.1) is 0 Å². The molecule has 0 saturated carbocycles. The van der Waals surface area contributed by atoms with E-state index in [4.69, 9.17) is 21.1 Å². The van der Waals surface area contributed by atoms with Crippen molar-refractivity contribution < 1.29 is 9.47 Å². The molecule has 0 bridgehead atoms. The summed E-state index contributed by atoms with van der Waals surface area (Å²) in [7, 11) is 1.68. The topological polar surface area (TPSA) is 46.6 Å². The van der Waals surface area contributed by atoms with E-state index in [1.165, 1.54) is 5.56 Å². The van der Waals surface area contributed by atoms with Gasteiger partial charge in [-0.05, 0) is 61.7 Å². The molecule has 1 aliphatic heterocycles. The third kappa shape index (κ3) is 4.79. The number of rotatable bonds is 7. The van der Waals surface area contributed by atoms with Crippen molar-refractivity contribution >= 4 is 28.2 Å². The summed E-state index contributed by atoms with van der Waals surface area (Å²) in [6.07, 6.45) is 4.05. The summed E-state index contributed by atoms with van der Waals surface area (Å²) in [6.45, 7) is 5.66. The summed E-state index contributed by atoms with van der Waals surface area (Å²) in [5, 5.41) is 5.55. The molecule has 0 atom stereocenters. The lowest BCUT2D eigenvalue weighted by molar-refractivity contribution is 0.211. The van der Waals surface area contributed by atoms with E-state index in [1.807, 2.05) is 37.4 Å². The molecule has 158 valence electrons. The largest absolute Gasteiger partial charge is 0.493 e. The number of hydrogen-bond acceptors (Lipinski definition) is 5. The average Bonchev–Trinajstić information content (AvgIpc) is 2.75. The third-order valence-corrected chi connectivity index (χ3v) is 5.82. The molecule has 30 heavy (non-hydrogen) atoms. The van der Waals surface area contributed by atoms with Crippen molar-refractivity contribution in [2.45, 2.75) is 32.4 Å². The molecule has 5 nitrogen and oxygen atoms in total. The second-order valence-corrected chi connectivity index (χ2v) is 8.07. The number of likely N-dealkylation sites (tertiary alicyclic amines) is 1. The highest BCUT2D eigenvalue weighted by Crippen LogP contribution is 2.30. The number of benzene rings is 2. The SMILES string of the molecule is CCOc1cc(CN2CCC(Nc3ccnc4cc(Cl)ccc34)CC2)ccc1OC. The average molecular weight is 426 g/mol. The maximum atomic E-state index is 6.11. The zero-order valence-corrected chi connectivity index (χ0v) is 18.3. The first-order valence-electron chi connectivity index (χ1n) is 10.5. The van der Waals surface area contributed by atoms with Gasteiger partial charge in [0.25, 0.3) is 0 Å². The Morgan fingerprint density at radius 2 is 1.93 bits per heavy atom.